The highest BCUT2D eigenvalue weighted by molar-refractivity contribution is 7.90. The van der Waals surface area contributed by atoms with Crippen LogP contribution in [0.5, 0.6) is 0 Å². The Morgan fingerprint density at radius 3 is 2.64 bits per heavy atom. The van der Waals surface area contributed by atoms with Crippen molar-refractivity contribution in [2.75, 3.05) is 6.26 Å². The van der Waals surface area contributed by atoms with E-state index in [1.165, 1.54) is 6.26 Å². The predicted molar refractivity (Wildman–Crippen MR) is 44.1 cm³/mol. The Bertz CT molecular complexity index is 306. The van der Waals surface area contributed by atoms with E-state index in [0.717, 1.165) is 0 Å². The second-order valence-corrected chi connectivity index (χ2v) is 3.64. The van der Waals surface area contributed by atoms with Crippen LogP contribution in [0.2, 0.25) is 0 Å². The molecule has 0 spiro atoms. The Kier molecular flexibility index (Phi) is 2.36. The predicted octanol–water partition coefficient (Wildman–Crippen LogP) is 0.421. The maximum absolute atomic E-state index is 11.0. The van der Waals surface area contributed by atoms with Crippen molar-refractivity contribution < 1.29 is 4.55 Å². The van der Waals surface area contributed by atoms with Crippen molar-refractivity contribution in [3.05, 3.63) is 28.0 Å². The van der Waals surface area contributed by atoms with Gasteiger partial charge >= 0.3 is 0 Å². The fraction of sp³-hybridized carbons (Fsp3) is 0.286. The lowest BCUT2D eigenvalue weighted by molar-refractivity contribution is 0.596. The summed E-state index contributed by atoms with van der Waals surface area (Å²) in [6.45, 7) is 1.71. The molecule has 1 aromatic rings. The third-order valence-electron chi connectivity index (χ3n) is 1.39. The number of pyridine rings is 1. The molecular weight excluding hydrogens is 162 g/mol. The summed E-state index contributed by atoms with van der Waals surface area (Å²) >= 11 is -1.10. The van der Waals surface area contributed by atoms with Gasteiger partial charge in [-0.2, -0.15) is 0 Å². The monoisotopic (exact) mass is 171 g/mol. The number of aryl methyl sites for hydroxylation is 1. The summed E-state index contributed by atoms with van der Waals surface area (Å²) in [6, 6.07) is 3.32. The Labute approximate surface area is 67.6 Å². The van der Waals surface area contributed by atoms with Gasteiger partial charge in [-0.3, -0.25) is 9.78 Å². The molecule has 0 amide bonds. The average molecular weight is 171 g/mol. The van der Waals surface area contributed by atoms with Crippen molar-refractivity contribution in [3.8, 4) is 0 Å². The molecule has 11 heavy (non-hydrogen) atoms. The van der Waals surface area contributed by atoms with E-state index < -0.39 is 11.2 Å². The fourth-order valence-electron chi connectivity index (χ4n) is 0.696. The van der Waals surface area contributed by atoms with E-state index in [9.17, 15) is 9.35 Å². The van der Waals surface area contributed by atoms with Gasteiger partial charge in [0.05, 0.1) is 0 Å². The molecule has 0 saturated heterocycles. The standard InChI is InChI=1S/C7H9NO2S/c1-5-3-4-6(11(2)10)8-7(5)9/h3-4H,1-2H3,(H,8,9). The largest absolute Gasteiger partial charge is 0.610 e. The quantitative estimate of drug-likeness (QED) is 0.622. The Hall–Kier alpha value is -0.740. The van der Waals surface area contributed by atoms with Crippen LogP contribution in [0.25, 0.3) is 0 Å². The van der Waals surface area contributed by atoms with Crippen LogP contribution in [0.4, 0.5) is 0 Å². The zero-order valence-corrected chi connectivity index (χ0v) is 7.20. The van der Waals surface area contributed by atoms with E-state index in [2.05, 4.69) is 4.98 Å². The minimum atomic E-state index is -1.10. The first-order valence-electron chi connectivity index (χ1n) is 3.14. The van der Waals surface area contributed by atoms with Gasteiger partial charge in [0.1, 0.15) is 6.26 Å². The number of hydrogen-bond acceptors (Lipinski definition) is 2. The molecule has 0 aliphatic rings. The molecule has 1 atom stereocenters. The van der Waals surface area contributed by atoms with Crippen LogP contribution in [0.3, 0.4) is 0 Å². The lowest BCUT2D eigenvalue weighted by Crippen LogP contribution is -2.13. The van der Waals surface area contributed by atoms with E-state index >= 15 is 0 Å². The highest BCUT2D eigenvalue weighted by Crippen LogP contribution is 2.01. The van der Waals surface area contributed by atoms with E-state index in [0.29, 0.717) is 10.6 Å². The Morgan fingerprint density at radius 1 is 1.55 bits per heavy atom. The average Bonchev–Trinajstić information content (AvgIpc) is 1.94. The van der Waals surface area contributed by atoms with Crippen molar-refractivity contribution in [2.24, 2.45) is 0 Å². The molecule has 0 fully saturated rings. The minimum Gasteiger partial charge on any atom is -0.610 e. The summed E-state index contributed by atoms with van der Waals surface area (Å²) in [6.07, 6.45) is 1.53. The van der Waals surface area contributed by atoms with Gasteiger partial charge in [-0.15, -0.1) is 0 Å². The molecule has 0 aliphatic heterocycles. The molecule has 1 aromatic heterocycles. The Balaban J connectivity index is 3.16. The summed E-state index contributed by atoms with van der Waals surface area (Å²) in [5.74, 6) is 0. The van der Waals surface area contributed by atoms with Crippen LogP contribution < -0.4 is 5.56 Å². The van der Waals surface area contributed by atoms with Crippen LogP contribution in [0.1, 0.15) is 5.56 Å². The molecule has 1 rings (SSSR count). The normalized spacial score (nSPS) is 13.0. The third-order valence-corrected chi connectivity index (χ3v) is 2.25. The molecule has 4 heteroatoms. The third kappa shape index (κ3) is 1.85. The second-order valence-electron chi connectivity index (χ2n) is 2.29. The van der Waals surface area contributed by atoms with Crippen molar-refractivity contribution in [1.82, 2.24) is 4.98 Å². The summed E-state index contributed by atoms with van der Waals surface area (Å²) < 4.78 is 10.8. The fourth-order valence-corrected chi connectivity index (χ4v) is 1.19. The lowest BCUT2D eigenvalue weighted by Gasteiger charge is -2.02. The molecular formula is C7H9NO2S. The first kappa shape index (κ1) is 8.36. The number of hydrogen-bond donors (Lipinski definition) is 1. The maximum Gasteiger partial charge on any atom is 0.254 e. The highest BCUT2D eigenvalue weighted by Gasteiger charge is 2.04. The van der Waals surface area contributed by atoms with Gasteiger partial charge in [-0.05, 0) is 24.2 Å². The van der Waals surface area contributed by atoms with E-state index in [1.54, 1.807) is 19.1 Å². The number of nitrogens with one attached hydrogen (secondary N) is 1. The molecule has 0 aliphatic carbocycles. The van der Waals surface area contributed by atoms with Gasteiger partial charge in [0, 0.05) is 11.6 Å². The molecule has 0 radical (unpaired) electrons. The van der Waals surface area contributed by atoms with Crippen molar-refractivity contribution in [1.29, 1.82) is 0 Å². The van der Waals surface area contributed by atoms with E-state index in [1.807, 2.05) is 0 Å². The molecule has 1 unspecified atom stereocenters. The zero-order chi connectivity index (χ0) is 8.43. The minimum absolute atomic E-state index is 0.169. The molecule has 0 saturated carbocycles. The molecule has 1 N–H and O–H groups in total. The lowest BCUT2D eigenvalue weighted by atomic mass is 10.3. The highest BCUT2D eigenvalue weighted by atomic mass is 32.2. The van der Waals surface area contributed by atoms with Crippen molar-refractivity contribution >= 4 is 11.2 Å². The van der Waals surface area contributed by atoms with Crippen molar-refractivity contribution in [2.45, 2.75) is 11.9 Å². The summed E-state index contributed by atoms with van der Waals surface area (Å²) in [4.78, 5) is 13.5. The van der Waals surface area contributed by atoms with E-state index in [-0.39, 0.29) is 5.56 Å². The SMILES string of the molecule is Cc1ccc([S+](C)[O-])[nH]c1=O. The summed E-state index contributed by atoms with van der Waals surface area (Å²) in [5.41, 5.74) is 0.469. The molecule has 60 valence electrons. The number of aromatic nitrogens is 1. The molecule has 0 bridgehead atoms. The molecule has 3 nitrogen and oxygen atoms in total. The van der Waals surface area contributed by atoms with Crippen LogP contribution in [0.15, 0.2) is 22.0 Å². The second kappa shape index (κ2) is 3.11. The topological polar surface area (TPSA) is 55.9 Å². The van der Waals surface area contributed by atoms with Gasteiger partial charge in [0.2, 0.25) is 5.03 Å². The number of H-pyrrole nitrogens is 1. The smallest absolute Gasteiger partial charge is 0.254 e. The van der Waals surface area contributed by atoms with Crippen LogP contribution in [-0.2, 0) is 11.2 Å². The van der Waals surface area contributed by atoms with Gasteiger partial charge < -0.3 is 4.55 Å². The van der Waals surface area contributed by atoms with Crippen LogP contribution in [-0.4, -0.2) is 15.8 Å². The van der Waals surface area contributed by atoms with Crippen LogP contribution in [0, 0.1) is 6.92 Å². The molecule has 1 heterocycles. The van der Waals surface area contributed by atoms with Gasteiger partial charge in [0.15, 0.2) is 0 Å². The van der Waals surface area contributed by atoms with Crippen molar-refractivity contribution in [3.63, 3.8) is 0 Å². The first-order chi connectivity index (χ1) is 5.11. The summed E-state index contributed by atoms with van der Waals surface area (Å²) in [7, 11) is 0. The van der Waals surface area contributed by atoms with Gasteiger partial charge in [-0.1, -0.05) is 0 Å². The van der Waals surface area contributed by atoms with Crippen LogP contribution >= 0.6 is 0 Å². The summed E-state index contributed by atoms with van der Waals surface area (Å²) in [5, 5.41) is 0.473. The number of aromatic amines is 1. The number of rotatable bonds is 1. The Morgan fingerprint density at radius 2 is 2.18 bits per heavy atom. The van der Waals surface area contributed by atoms with Gasteiger partial charge in [-0.25, -0.2) is 0 Å². The first-order valence-corrected chi connectivity index (χ1v) is 4.70. The van der Waals surface area contributed by atoms with Gasteiger partial charge in [0.25, 0.3) is 5.56 Å². The molecule has 0 aromatic carbocycles. The maximum atomic E-state index is 11.0. The zero-order valence-electron chi connectivity index (χ0n) is 6.38. The van der Waals surface area contributed by atoms with E-state index in [4.69, 9.17) is 0 Å².